The molecule has 2 rings (SSSR count). The van der Waals surface area contributed by atoms with Crippen molar-refractivity contribution in [3.63, 3.8) is 0 Å². The Balaban J connectivity index is 1.98. The molecule has 1 amide bonds. The summed E-state index contributed by atoms with van der Waals surface area (Å²) in [6.45, 7) is 0. The van der Waals surface area contributed by atoms with E-state index in [-0.39, 0.29) is 5.91 Å². The minimum Gasteiger partial charge on any atom is -0.266 e. The van der Waals surface area contributed by atoms with Gasteiger partial charge < -0.3 is 0 Å². The third-order valence-corrected chi connectivity index (χ3v) is 3.03. The molecule has 19 heavy (non-hydrogen) atoms. The Morgan fingerprint density at radius 3 is 2.37 bits per heavy atom. The van der Waals surface area contributed by atoms with Crippen molar-refractivity contribution in [3.05, 3.63) is 69.8 Å². The van der Waals surface area contributed by atoms with Crippen LogP contribution in [-0.4, -0.2) is 5.91 Å². The molecule has 0 aliphatic heterocycles. The zero-order chi connectivity index (χ0) is 13.5. The second-order valence-corrected chi connectivity index (χ2v) is 5.00. The SMILES string of the molecule is O=C(/C=C/c1ccccc1)N=Nc1ccc(I)cc1. The molecular formula is C15H11IN2O. The third kappa shape index (κ3) is 4.75. The first-order chi connectivity index (χ1) is 9.24. The van der Waals surface area contributed by atoms with Crippen molar-refractivity contribution >= 4 is 40.3 Å². The number of carbonyl (C=O) groups is 1. The number of carbonyl (C=O) groups excluding carboxylic acids is 1. The van der Waals surface area contributed by atoms with Crippen LogP contribution in [-0.2, 0) is 4.79 Å². The molecule has 0 aliphatic carbocycles. The van der Waals surface area contributed by atoms with E-state index >= 15 is 0 Å². The average molecular weight is 362 g/mol. The molecule has 0 heterocycles. The molecule has 0 unspecified atom stereocenters. The first-order valence-corrected chi connectivity index (χ1v) is 6.76. The fourth-order valence-corrected chi connectivity index (χ4v) is 1.74. The normalized spacial score (nSPS) is 11.2. The van der Waals surface area contributed by atoms with Gasteiger partial charge in [0.15, 0.2) is 0 Å². The standard InChI is InChI=1S/C15H11IN2O/c16-13-7-9-14(10-8-13)17-18-15(19)11-6-12-4-2-1-3-5-12/h1-11H/b11-6+,18-17?. The van der Waals surface area contributed by atoms with Crippen LogP contribution < -0.4 is 0 Å². The highest BCUT2D eigenvalue weighted by Gasteiger charge is 1.93. The van der Waals surface area contributed by atoms with Gasteiger partial charge in [-0.05, 0) is 58.5 Å². The summed E-state index contributed by atoms with van der Waals surface area (Å²) in [5, 5.41) is 7.52. The Morgan fingerprint density at radius 2 is 1.68 bits per heavy atom. The minimum atomic E-state index is -0.373. The second kappa shape index (κ2) is 6.94. The first kappa shape index (κ1) is 13.6. The summed E-state index contributed by atoms with van der Waals surface area (Å²) in [5.74, 6) is -0.373. The van der Waals surface area contributed by atoms with Crippen LogP contribution in [0, 0.1) is 3.57 Å². The summed E-state index contributed by atoms with van der Waals surface area (Å²) in [5.41, 5.74) is 1.63. The van der Waals surface area contributed by atoms with Gasteiger partial charge in [0.05, 0.1) is 5.69 Å². The number of rotatable bonds is 3. The van der Waals surface area contributed by atoms with Gasteiger partial charge in [-0.2, -0.15) is 0 Å². The molecule has 4 heteroatoms. The topological polar surface area (TPSA) is 41.8 Å². The molecular weight excluding hydrogens is 351 g/mol. The number of halogens is 1. The summed E-state index contributed by atoms with van der Waals surface area (Å²) in [7, 11) is 0. The van der Waals surface area contributed by atoms with Crippen LogP contribution >= 0.6 is 22.6 Å². The van der Waals surface area contributed by atoms with Crippen molar-refractivity contribution < 1.29 is 4.79 Å². The Morgan fingerprint density at radius 1 is 1.00 bits per heavy atom. The number of hydrogen-bond donors (Lipinski definition) is 0. The highest BCUT2D eigenvalue weighted by Crippen LogP contribution is 2.14. The number of amides is 1. The predicted octanol–water partition coefficient (Wildman–Crippen LogP) is 4.61. The van der Waals surface area contributed by atoms with Crippen LogP contribution in [0.1, 0.15) is 5.56 Å². The van der Waals surface area contributed by atoms with Gasteiger partial charge >= 0.3 is 0 Å². The van der Waals surface area contributed by atoms with Crippen LogP contribution in [0.25, 0.3) is 6.08 Å². The lowest BCUT2D eigenvalue weighted by Crippen LogP contribution is -1.83. The maximum absolute atomic E-state index is 11.5. The zero-order valence-electron chi connectivity index (χ0n) is 10.0. The predicted molar refractivity (Wildman–Crippen MR) is 84.2 cm³/mol. The molecule has 0 N–H and O–H groups in total. The maximum atomic E-state index is 11.5. The maximum Gasteiger partial charge on any atom is 0.288 e. The van der Waals surface area contributed by atoms with E-state index < -0.39 is 0 Å². The summed E-state index contributed by atoms with van der Waals surface area (Å²) >= 11 is 2.21. The van der Waals surface area contributed by atoms with Crippen molar-refractivity contribution in [2.45, 2.75) is 0 Å². The minimum absolute atomic E-state index is 0.373. The fraction of sp³-hybridized carbons (Fsp3) is 0. The number of nitrogens with zero attached hydrogens (tertiary/aromatic N) is 2. The number of azo groups is 1. The van der Waals surface area contributed by atoms with Gasteiger partial charge in [0.1, 0.15) is 0 Å². The van der Waals surface area contributed by atoms with E-state index in [1.807, 2.05) is 54.6 Å². The molecule has 0 aliphatic rings. The molecule has 94 valence electrons. The summed E-state index contributed by atoms with van der Waals surface area (Å²) in [6.07, 6.45) is 3.13. The van der Waals surface area contributed by atoms with E-state index in [4.69, 9.17) is 0 Å². The molecule has 3 nitrogen and oxygen atoms in total. The fourth-order valence-electron chi connectivity index (χ4n) is 1.38. The van der Waals surface area contributed by atoms with Crippen LogP contribution in [0.4, 0.5) is 5.69 Å². The largest absolute Gasteiger partial charge is 0.288 e. The van der Waals surface area contributed by atoms with Crippen molar-refractivity contribution in [2.75, 3.05) is 0 Å². The molecule has 2 aromatic carbocycles. The first-order valence-electron chi connectivity index (χ1n) is 5.68. The van der Waals surface area contributed by atoms with Crippen molar-refractivity contribution in [1.29, 1.82) is 0 Å². The Hall–Kier alpha value is -1.82. The van der Waals surface area contributed by atoms with Crippen LogP contribution in [0.15, 0.2) is 70.9 Å². The lowest BCUT2D eigenvalue weighted by Gasteiger charge is -1.91. The van der Waals surface area contributed by atoms with Gasteiger partial charge in [0.25, 0.3) is 5.91 Å². The Kier molecular flexibility index (Phi) is 4.97. The van der Waals surface area contributed by atoms with Gasteiger partial charge in [-0.1, -0.05) is 30.3 Å². The summed E-state index contributed by atoms with van der Waals surface area (Å²) < 4.78 is 1.12. The summed E-state index contributed by atoms with van der Waals surface area (Å²) in [6, 6.07) is 17.1. The van der Waals surface area contributed by atoms with E-state index in [0.717, 1.165) is 9.13 Å². The van der Waals surface area contributed by atoms with E-state index in [0.29, 0.717) is 5.69 Å². The third-order valence-electron chi connectivity index (χ3n) is 2.31. The highest BCUT2D eigenvalue weighted by molar-refractivity contribution is 14.1. The van der Waals surface area contributed by atoms with Gasteiger partial charge in [-0.15, -0.1) is 10.2 Å². The number of hydrogen-bond acceptors (Lipinski definition) is 2. The second-order valence-electron chi connectivity index (χ2n) is 3.76. The quantitative estimate of drug-likeness (QED) is 0.447. The van der Waals surface area contributed by atoms with Crippen LogP contribution in [0.5, 0.6) is 0 Å². The molecule has 0 fully saturated rings. The molecule has 0 bridgehead atoms. The van der Waals surface area contributed by atoms with E-state index in [1.165, 1.54) is 6.08 Å². The van der Waals surface area contributed by atoms with E-state index in [9.17, 15) is 4.79 Å². The van der Waals surface area contributed by atoms with Crippen molar-refractivity contribution in [3.8, 4) is 0 Å². The highest BCUT2D eigenvalue weighted by atomic mass is 127. The summed E-state index contributed by atoms with van der Waals surface area (Å²) in [4.78, 5) is 11.5. The van der Waals surface area contributed by atoms with Gasteiger partial charge in [-0.25, -0.2) is 0 Å². The Labute approximate surface area is 125 Å². The van der Waals surface area contributed by atoms with Gasteiger partial charge in [0, 0.05) is 9.65 Å². The molecule has 0 spiro atoms. The number of benzene rings is 2. The van der Waals surface area contributed by atoms with Crippen molar-refractivity contribution in [1.82, 2.24) is 0 Å². The molecule has 2 aromatic rings. The molecule has 0 saturated carbocycles. The van der Waals surface area contributed by atoms with Gasteiger partial charge in [0.2, 0.25) is 0 Å². The average Bonchev–Trinajstić information content (AvgIpc) is 2.45. The smallest absolute Gasteiger partial charge is 0.266 e. The van der Waals surface area contributed by atoms with Crippen molar-refractivity contribution in [2.24, 2.45) is 10.2 Å². The zero-order valence-corrected chi connectivity index (χ0v) is 12.2. The molecule has 0 atom stereocenters. The van der Waals surface area contributed by atoms with E-state index in [2.05, 4.69) is 32.8 Å². The van der Waals surface area contributed by atoms with Crippen LogP contribution in [0.3, 0.4) is 0 Å². The molecule has 0 aromatic heterocycles. The molecule has 0 saturated heterocycles. The van der Waals surface area contributed by atoms with Gasteiger partial charge in [-0.3, -0.25) is 4.79 Å². The molecule has 0 radical (unpaired) electrons. The lowest BCUT2D eigenvalue weighted by molar-refractivity contribution is -0.113. The monoisotopic (exact) mass is 362 g/mol. The Bertz CT molecular complexity index is 604. The van der Waals surface area contributed by atoms with E-state index in [1.54, 1.807) is 6.08 Å². The van der Waals surface area contributed by atoms with Crippen LogP contribution in [0.2, 0.25) is 0 Å². The lowest BCUT2D eigenvalue weighted by atomic mass is 10.2.